The van der Waals surface area contributed by atoms with E-state index < -0.39 is 0 Å². The Balaban J connectivity index is 1.01. The smallest absolute Gasteiger partial charge is 0.156 e. The standard InChI is InChI=1S/C49H26N4OS/c1-2-9-30-21-32-23-43-41(22-31(32)20-29(30)8-1)52-49-48-37(35-11-4-6-15-46(35)55-48)25-42(53(43)49)28-18-16-27(17-19-28)33-12-7-13-38-47(33)51-39-24-36-34-10-3-5-14-44(34)54-45(36)26-40(39)50-38/h1-26H. The first-order valence-corrected chi connectivity index (χ1v) is 19.2. The van der Waals surface area contributed by atoms with Crippen molar-refractivity contribution in [3.8, 4) is 22.4 Å². The van der Waals surface area contributed by atoms with E-state index in [4.69, 9.17) is 19.4 Å². The van der Waals surface area contributed by atoms with Crippen LogP contribution in [0.3, 0.4) is 0 Å². The van der Waals surface area contributed by atoms with Gasteiger partial charge in [0.25, 0.3) is 0 Å². The predicted octanol–water partition coefficient (Wildman–Crippen LogP) is 13.5. The van der Waals surface area contributed by atoms with Gasteiger partial charge in [0.2, 0.25) is 0 Å². The molecule has 0 fully saturated rings. The molecule has 0 aliphatic carbocycles. The molecule has 254 valence electrons. The summed E-state index contributed by atoms with van der Waals surface area (Å²) in [6.45, 7) is 0. The molecule has 0 bridgehead atoms. The first-order chi connectivity index (χ1) is 27.2. The molecule has 0 aliphatic heterocycles. The summed E-state index contributed by atoms with van der Waals surface area (Å²) in [4.78, 5) is 15.7. The molecule has 0 unspecified atom stereocenters. The number of pyridine rings is 1. The van der Waals surface area contributed by atoms with Crippen molar-refractivity contribution in [3.05, 3.63) is 158 Å². The van der Waals surface area contributed by atoms with Gasteiger partial charge in [0.1, 0.15) is 11.2 Å². The lowest BCUT2D eigenvalue weighted by atomic mass is 10.00. The highest BCUT2D eigenvalue weighted by Crippen LogP contribution is 2.42. The van der Waals surface area contributed by atoms with Crippen LogP contribution in [0.5, 0.6) is 0 Å². The highest BCUT2D eigenvalue weighted by Gasteiger charge is 2.19. The average Bonchev–Trinajstić information content (AvgIpc) is 3.91. The van der Waals surface area contributed by atoms with Crippen molar-refractivity contribution in [2.75, 3.05) is 0 Å². The first-order valence-electron chi connectivity index (χ1n) is 18.4. The minimum atomic E-state index is 0.820. The molecule has 6 heteroatoms. The Morgan fingerprint density at radius 2 is 1.20 bits per heavy atom. The summed E-state index contributed by atoms with van der Waals surface area (Å²) in [6, 6.07) is 56.2. The molecule has 0 spiro atoms. The number of imidazole rings is 1. The lowest BCUT2D eigenvalue weighted by Crippen LogP contribution is -1.94. The van der Waals surface area contributed by atoms with Crippen LogP contribution in [-0.4, -0.2) is 19.4 Å². The van der Waals surface area contributed by atoms with Crippen LogP contribution in [-0.2, 0) is 0 Å². The van der Waals surface area contributed by atoms with Gasteiger partial charge in [-0.3, -0.25) is 4.40 Å². The van der Waals surface area contributed by atoms with E-state index in [1.165, 1.54) is 41.7 Å². The molecule has 5 heterocycles. The SMILES string of the molecule is c1ccc2cc3cc4c(cc3cc2c1)nc1c2sc3ccccc3c2cc(-c2ccc(-c3cccc5nc6cc7oc8ccccc8c7cc6nc35)cc2)n41. The molecule has 0 radical (unpaired) electrons. The average molecular weight is 719 g/mol. The van der Waals surface area contributed by atoms with E-state index >= 15 is 0 Å². The summed E-state index contributed by atoms with van der Waals surface area (Å²) in [6.07, 6.45) is 0. The molecule has 5 aromatic heterocycles. The van der Waals surface area contributed by atoms with E-state index in [-0.39, 0.29) is 0 Å². The molecule has 0 amide bonds. The summed E-state index contributed by atoms with van der Waals surface area (Å²) < 4.78 is 11.0. The number of rotatable bonds is 2. The molecule has 0 saturated carbocycles. The molecule has 0 atom stereocenters. The van der Waals surface area contributed by atoms with Gasteiger partial charge in [0, 0.05) is 37.9 Å². The maximum absolute atomic E-state index is 6.16. The molecule has 0 aliphatic rings. The van der Waals surface area contributed by atoms with Crippen LogP contribution in [0.15, 0.2) is 162 Å². The number of thiophene rings is 1. The number of para-hydroxylation sites is 2. The van der Waals surface area contributed by atoms with Crippen molar-refractivity contribution in [3.63, 3.8) is 0 Å². The van der Waals surface area contributed by atoms with E-state index in [1.54, 1.807) is 0 Å². The Labute approximate surface area is 316 Å². The van der Waals surface area contributed by atoms with Crippen molar-refractivity contribution in [2.24, 2.45) is 0 Å². The van der Waals surface area contributed by atoms with Gasteiger partial charge in [-0.05, 0) is 87.3 Å². The number of furan rings is 1. The second kappa shape index (κ2) is 10.7. The summed E-state index contributed by atoms with van der Waals surface area (Å²) in [7, 11) is 0. The Morgan fingerprint density at radius 3 is 2.07 bits per heavy atom. The minimum Gasteiger partial charge on any atom is -0.456 e. The molecule has 5 nitrogen and oxygen atoms in total. The zero-order valence-corrected chi connectivity index (χ0v) is 29.9. The molecular weight excluding hydrogens is 693 g/mol. The lowest BCUT2D eigenvalue weighted by Gasteiger charge is -2.11. The van der Waals surface area contributed by atoms with Gasteiger partial charge in [0.05, 0.1) is 43.5 Å². The van der Waals surface area contributed by atoms with Gasteiger partial charge in [-0.15, -0.1) is 11.3 Å². The fourth-order valence-corrected chi connectivity index (χ4v) is 9.83. The van der Waals surface area contributed by atoms with Gasteiger partial charge < -0.3 is 4.42 Å². The molecular formula is C49H26N4OS. The van der Waals surface area contributed by atoms with E-state index in [9.17, 15) is 0 Å². The number of benzene rings is 8. The topological polar surface area (TPSA) is 56.2 Å². The fourth-order valence-electron chi connectivity index (χ4n) is 8.67. The zero-order chi connectivity index (χ0) is 35.8. The minimum absolute atomic E-state index is 0.820. The van der Waals surface area contributed by atoms with E-state index in [0.29, 0.717) is 0 Å². The van der Waals surface area contributed by atoms with Crippen LogP contribution in [0.25, 0.3) is 125 Å². The monoisotopic (exact) mass is 718 g/mol. The summed E-state index contributed by atoms with van der Waals surface area (Å²) >= 11 is 1.82. The molecule has 13 aromatic rings. The maximum Gasteiger partial charge on any atom is 0.156 e. The van der Waals surface area contributed by atoms with E-state index in [0.717, 1.165) is 83.1 Å². The van der Waals surface area contributed by atoms with Crippen LogP contribution < -0.4 is 0 Å². The van der Waals surface area contributed by atoms with Gasteiger partial charge in [-0.25, -0.2) is 15.0 Å². The number of aromatic nitrogens is 4. The second-order valence-corrected chi connectivity index (χ2v) is 15.5. The van der Waals surface area contributed by atoms with Gasteiger partial charge in [-0.2, -0.15) is 0 Å². The quantitative estimate of drug-likeness (QED) is 0.167. The highest BCUT2D eigenvalue weighted by atomic mass is 32.1. The third-order valence-corrected chi connectivity index (χ3v) is 12.5. The van der Waals surface area contributed by atoms with Crippen LogP contribution in [0.2, 0.25) is 0 Å². The van der Waals surface area contributed by atoms with Gasteiger partial charge >= 0.3 is 0 Å². The van der Waals surface area contributed by atoms with Crippen LogP contribution in [0.4, 0.5) is 0 Å². The van der Waals surface area contributed by atoms with Gasteiger partial charge in [0.15, 0.2) is 5.65 Å². The van der Waals surface area contributed by atoms with Crippen LogP contribution in [0, 0.1) is 0 Å². The summed E-state index contributed by atoms with van der Waals surface area (Å²) in [5.41, 5.74) is 12.5. The molecule has 13 rings (SSSR count). The normalized spacial score (nSPS) is 12.4. The first kappa shape index (κ1) is 29.3. The molecule has 8 aromatic carbocycles. The third kappa shape index (κ3) is 4.20. The summed E-state index contributed by atoms with van der Waals surface area (Å²) in [5, 5.41) is 9.50. The Morgan fingerprint density at radius 1 is 0.455 bits per heavy atom. The number of nitrogens with zero attached hydrogens (tertiary/aromatic N) is 4. The van der Waals surface area contributed by atoms with Crippen LogP contribution in [0.1, 0.15) is 0 Å². The fraction of sp³-hybridized carbons (Fsp3) is 0. The third-order valence-electron chi connectivity index (χ3n) is 11.3. The van der Waals surface area contributed by atoms with Crippen molar-refractivity contribution < 1.29 is 4.42 Å². The Kier molecular flexibility index (Phi) is 5.71. The predicted molar refractivity (Wildman–Crippen MR) is 229 cm³/mol. The molecule has 0 saturated heterocycles. The zero-order valence-electron chi connectivity index (χ0n) is 29.1. The van der Waals surface area contributed by atoms with Crippen molar-refractivity contribution in [2.45, 2.75) is 0 Å². The van der Waals surface area contributed by atoms with Crippen LogP contribution >= 0.6 is 11.3 Å². The van der Waals surface area contributed by atoms with E-state index in [2.05, 4.69) is 132 Å². The van der Waals surface area contributed by atoms with E-state index in [1.807, 2.05) is 41.7 Å². The number of hydrogen-bond acceptors (Lipinski definition) is 5. The molecule has 0 N–H and O–H groups in total. The Bertz CT molecular complexity index is 3780. The molecule has 55 heavy (non-hydrogen) atoms. The largest absolute Gasteiger partial charge is 0.456 e. The maximum atomic E-state index is 6.16. The van der Waals surface area contributed by atoms with Crippen molar-refractivity contribution in [1.82, 2.24) is 19.4 Å². The Hall–Kier alpha value is -7.15. The lowest BCUT2D eigenvalue weighted by molar-refractivity contribution is 0.669. The number of hydrogen-bond donors (Lipinski definition) is 0. The number of fused-ring (bicyclic) bond motifs is 14. The van der Waals surface area contributed by atoms with Gasteiger partial charge in [-0.1, -0.05) is 97.1 Å². The summed E-state index contributed by atoms with van der Waals surface area (Å²) in [5.74, 6) is 0. The second-order valence-electron chi connectivity index (χ2n) is 14.4. The van der Waals surface area contributed by atoms with Crippen molar-refractivity contribution in [1.29, 1.82) is 0 Å². The highest BCUT2D eigenvalue weighted by molar-refractivity contribution is 7.26. The van der Waals surface area contributed by atoms with Crippen molar-refractivity contribution >= 4 is 114 Å².